The van der Waals surface area contributed by atoms with Gasteiger partial charge in [0, 0.05) is 11.8 Å². The number of carbonyl (C=O) groups excluding carboxylic acids is 1. The van der Waals surface area contributed by atoms with Gasteiger partial charge < -0.3 is 16.2 Å². The Morgan fingerprint density at radius 2 is 2.31 bits per heavy atom. The van der Waals surface area contributed by atoms with Crippen molar-refractivity contribution in [3.63, 3.8) is 0 Å². The summed E-state index contributed by atoms with van der Waals surface area (Å²) in [6.45, 7) is 1.92. The van der Waals surface area contributed by atoms with Gasteiger partial charge in [0.2, 0.25) is 5.91 Å². The summed E-state index contributed by atoms with van der Waals surface area (Å²) in [7, 11) is 0. The third-order valence-electron chi connectivity index (χ3n) is 2.15. The van der Waals surface area contributed by atoms with Crippen LogP contribution in [0.5, 0.6) is 5.75 Å². The van der Waals surface area contributed by atoms with Gasteiger partial charge in [-0.2, -0.15) is 0 Å². The zero-order chi connectivity index (χ0) is 12.1. The van der Waals surface area contributed by atoms with E-state index >= 15 is 0 Å². The number of anilines is 1. The second kappa shape index (κ2) is 5.46. The normalized spacial score (nSPS) is 12.2. The first-order chi connectivity index (χ1) is 7.54. The molecular formula is C11H15FN2O2. The van der Waals surface area contributed by atoms with Crippen LogP contribution in [0.15, 0.2) is 18.2 Å². The standard InChI is InChI=1S/C11H15FN2O2/c1-2-3-9(13)11(16)14-7-4-5-10(15)8(12)6-7/h4-6,9,15H,2-3,13H2,1H3,(H,14,16)/t9-/m0/s1. The highest BCUT2D eigenvalue weighted by Gasteiger charge is 2.12. The maximum Gasteiger partial charge on any atom is 0.241 e. The zero-order valence-electron chi connectivity index (χ0n) is 9.03. The number of hydrogen-bond acceptors (Lipinski definition) is 3. The molecule has 1 atom stereocenters. The van der Waals surface area contributed by atoms with Crippen molar-refractivity contribution in [1.29, 1.82) is 0 Å². The summed E-state index contributed by atoms with van der Waals surface area (Å²) >= 11 is 0. The van der Waals surface area contributed by atoms with Gasteiger partial charge in [0.05, 0.1) is 6.04 Å². The monoisotopic (exact) mass is 226 g/mol. The molecule has 4 nitrogen and oxygen atoms in total. The number of benzene rings is 1. The molecule has 0 bridgehead atoms. The first-order valence-corrected chi connectivity index (χ1v) is 5.09. The molecule has 5 heteroatoms. The third kappa shape index (κ3) is 3.20. The zero-order valence-corrected chi connectivity index (χ0v) is 9.03. The van der Waals surface area contributed by atoms with Gasteiger partial charge in [-0.25, -0.2) is 4.39 Å². The van der Waals surface area contributed by atoms with Crippen molar-refractivity contribution in [2.24, 2.45) is 5.73 Å². The molecule has 0 aliphatic carbocycles. The van der Waals surface area contributed by atoms with Crippen LogP contribution in [0, 0.1) is 5.82 Å². The van der Waals surface area contributed by atoms with Gasteiger partial charge in [0.1, 0.15) is 0 Å². The summed E-state index contributed by atoms with van der Waals surface area (Å²) in [5, 5.41) is 11.4. The molecule has 4 N–H and O–H groups in total. The van der Waals surface area contributed by atoms with Crippen molar-refractivity contribution in [3.05, 3.63) is 24.0 Å². The van der Waals surface area contributed by atoms with Crippen LogP contribution in [0.2, 0.25) is 0 Å². The van der Waals surface area contributed by atoms with E-state index in [1.54, 1.807) is 0 Å². The molecular weight excluding hydrogens is 211 g/mol. The lowest BCUT2D eigenvalue weighted by Gasteiger charge is -2.11. The van der Waals surface area contributed by atoms with E-state index in [4.69, 9.17) is 10.8 Å². The van der Waals surface area contributed by atoms with E-state index in [2.05, 4.69) is 5.32 Å². The lowest BCUT2D eigenvalue weighted by Crippen LogP contribution is -2.35. The van der Waals surface area contributed by atoms with Crippen molar-refractivity contribution in [1.82, 2.24) is 0 Å². The van der Waals surface area contributed by atoms with Gasteiger partial charge in [-0.05, 0) is 18.6 Å². The Balaban J connectivity index is 2.66. The van der Waals surface area contributed by atoms with Gasteiger partial charge in [-0.1, -0.05) is 13.3 Å². The maximum absolute atomic E-state index is 12.9. The molecule has 0 aliphatic heterocycles. The number of aromatic hydroxyl groups is 1. The summed E-state index contributed by atoms with van der Waals surface area (Å²) in [6, 6.07) is 3.04. The van der Waals surface area contributed by atoms with Crippen molar-refractivity contribution in [3.8, 4) is 5.75 Å². The Labute approximate surface area is 93.3 Å². The first-order valence-electron chi connectivity index (χ1n) is 5.09. The molecule has 0 spiro atoms. The minimum Gasteiger partial charge on any atom is -0.505 e. The van der Waals surface area contributed by atoms with Gasteiger partial charge >= 0.3 is 0 Å². The fourth-order valence-electron chi connectivity index (χ4n) is 1.26. The number of nitrogens with one attached hydrogen (secondary N) is 1. The van der Waals surface area contributed by atoms with Crippen LogP contribution in [0.4, 0.5) is 10.1 Å². The van der Waals surface area contributed by atoms with Crippen molar-refractivity contribution >= 4 is 11.6 Å². The smallest absolute Gasteiger partial charge is 0.241 e. The number of nitrogens with two attached hydrogens (primary N) is 1. The third-order valence-corrected chi connectivity index (χ3v) is 2.15. The van der Waals surface area contributed by atoms with Gasteiger partial charge in [0.25, 0.3) is 0 Å². The number of amides is 1. The Hall–Kier alpha value is -1.62. The number of phenols is 1. The van der Waals surface area contributed by atoms with Crippen molar-refractivity contribution in [2.75, 3.05) is 5.32 Å². The minimum atomic E-state index is -0.776. The Kier molecular flexibility index (Phi) is 4.25. The predicted octanol–water partition coefficient (Wildman–Crippen LogP) is 1.60. The summed E-state index contributed by atoms with van der Waals surface area (Å²) in [5.74, 6) is -1.58. The van der Waals surface area contributed by atoms with Gasteiger partial charge in [-0.3, -0.25) is 4.79 Å². The van der Waals surface area contributed by atoms with Crippen molar-refractivity contribution < 1.29 is 14.3 Å². The number of phenolic OH excluding ortho intramolecular Hbond substituents is 1. The second-order valence-electron chi connectivity index (χ2n) is 3.55. The number of halogens is 1. The average Bonchev–Trinajstić information content (AvgIpc) is 2.24. The fraction of sp³-hybridized carbons (Fsp3) is 0.364. The SMILES string of the molecule is CCC[C@H](N)C(=O)Nc1ccc(O)c(F)c1. The van der Waals surface area contributed by atoms with Gasteiger partial charge in [0.15, 0.2) is 11.6 Å². The van der Waals surface area contributed by atoms with E-state index in [-0.39, 0.29) is 11.6 Å². The molecule has 0 aromatic heterocycles. The van der Waals surface area contributed by atoms with Crippen LogP contribution in [0.1, 0.15) is 19.8 Å². The lowest BCUT2D eigenvalue weighted by molar-refractivity contribution is -0.117. The van der Waals surface area contributed by atoms with Gasteiger partial charge in [-0.15, -0.1) is 0 Å². The quantitative estimate of drug-likeness (QED) is 0.682. The Morgan fingerprint density at radius 3 is 2.88 bits per heavy atom. The molecule has 16 heavy (non-hydrogen) atoms. The molecule has 0 saturated heterocycles. The topological polar surface area (TPSA) is 75.4 Å². The molecule has 88 valence electrons. The van der Waals surface area contributed by atoms with Crippen LogP contribution in [-0.2, 0) is 4.79 Å². The Bertz CT molecular complexity index is 382. The summed E-state index contributed by atoms with van der Waals surface area (Å²) in [4.78, 5) is 11.5. The molecule has 1 aromatic rings. The minimum absolute atomic E-state index is 0.284. The lowest BCUT2D eigenvalue weighted by atomic mass is 10.1. The van der Waals surface area contributed by atoms with Crippen LogP contribution in [0.3, 0.4) is 0 Å². The first kappa shape index (κ1) is 12.4. The molecule has 0 aliphatic rings. The predicted molar refractivity (Wildman–Crippen MR) is 59.6 cm³/mol. The highest BCUT2D eigenvalue weighted by Crippen LogP contribution is 2.19. The molecule has 1 rings (SSSR count). The molecule has 1 aromatic carbocycles. The molecule has 0 radical (unpaired) electrons. The summed E-state index contributed by atoms with van der Waals surface area (Å²) in [5.41, 5.74) is 5.87. The Morgan fingerprint density at radius 1 is 1.62 bits per heavy atom. The summed E-state index contributed by atoms with van der Waals surface area (Å²) < 4.78 is 12.9. The molecule has 0 saturated carbocycles. The summed E-state index contributed by atoms with van der Waals surface area (Å²) in [6.07, 6.45) is 1.38. The molecule has 0 heterocycles. The van der Waals surface area contributed by atoms with E-state index in [1.165, 1.54) is 12.1 Å². The highest BCUT2D eigenvalue weighted by atomic mass is 19.1. The maximum atomic E-state index is 12.9. The number of carbonyl (C=O) groups is 1. The van der Waals surface area contributed by atoms with Crippen LogP contribution in [-0.4, -0.2) is 17.1 Å². The number of rotatable bonds is 4. The van der Waals surface area contributed by atoms with E-state index in [9.17, 15) is 9.18 Å². The van der Waals surface area contributed by atoms with E-state index in [0.29, 0.717) is 6.42 Å². The molecule has 0 unspecified atom stereocenters. The molecule has 0 fully saturated rings. The van der Waals surface area contributed by atoms with Crippen molar-refractivity contribution in [2.45, 2.75) is 25.8 Å². The van der Waals surface area contributed by atoms with Crippen LogP contribution >= 0.6 is 0 Å². The average molecular weight is 226 g/mol. The fourth-order valence-corrected chi connectivity index (χ4v) is 1.26. The van der Waals surface area contributed by atoms with Crippen LogP contribution < -0.4 is 11.1 Å². The van der Waals surface area contributed by atoms with E-state index in [1.807, 2.05) is 6.92 Å². The van der Waals surface area contributed by atoms with E-state index < -0.39 is 17.6 Å². The molecule has 1 amide bonds. The second-order valence-corrected chi connectivity index (χ2v) is 3.55. The van der Waals surface area contributed by atoms with Crippen LogP contribution in [0.25, 0.3) is 0 Å². The number of hydrogen-bond donors (Lipinski definition) is 3. The van der Waals surface area contributed by atoms with E-state index in [0.717, 1.165) is 12.5 Å². The highest BCUT2D eigenvalue weighted by molar-refractivity contribution is 5.94. The largest absolute Gasteiger partial charge is 0.505 e.